The fourth-order valence-corrected chi connectivity index (χ4v) is 2.12. The van der Waals surface area contributed by atoms with E-state index in [9.17, 15) is 4.79 Å². The van der Waals surface area contributed by atoms with Crippen LogP contribution >= 0.6 is 0 Å². The zero-order valence-electron chi connectivity index (χ0n) is 10.6. The van der Waals surface area contributed by atoms with Crippen LogP contribution in [0.4, 0.5) is 4.79 Å². The Labute approximate surface area is 98.9 Å². The molecular weight excluding hydrogens is 202 g/mol. The molecule has 3 heteroatoms. The van der Waals surface area contributed by atoms with Gasteiger partial charge in [-0.25, -0.2) is 4.79 Å². The first-order valence-electron chi connectivity index (χ1n) is 6.63. The second kappa shape index (κ2) is 7.53. The molecule has 1 aliphatic carbocycles. The molecule has 1 N–H and O–H groups in total. The van der Waals surface area contributed by atoms with Crippen molar-refractivity contribution in [2.24, 2.45) is 11.8 Å². The molecule has 94 valence electrons. The molecule has 0 radical (unpaired) electrons. The highest BCUT2D eigenvalue weighted by Crippen LogP contribution is 2.27. The first-order chi connectivity index (χ1) is 7.72. The molecule has 0 aliphatic heterocycles. The number of hydrogen-bond donors (Lipinski definition) is 1. The van der Waals surface area contributed by atoms with Crippen molar-refractivity contribution in [2.45, 2.75) is 52.4 Å². The van der Waals surface area contributed by atoms with Crippen LogP contribution in [0.5, 0.6) is 0 Å². The molecule has 0 bridgehead atoms. The van der Waals surface area contributed by atoms with Gasteiger partial charge in [0.2, 0.25) is 0 Å². The third kappa shape index (κ3) is 5.38. The van der Waals surface area contributed by atoms with Crippen molar-refractivity contribution in [2.75, 3.05) is 13.2 Å². The van der Waals surface area contributed by atoms with Crippen LogP contribution < -0.4 is 5.32 Å². The predicted molar refractivity (Wildman–Crippen MR) is 65.4 cm³/mol. The Balaban J connectivity index is 2.03. The van der Waals surface area contributed by atoms with Gasteiger partial charge in [0.15, 0.2) is 0 Å². The normalized spacial score (nSPS) is 25.1. The lowest BCUT2D eigenvalue weighted by Gasteiger charge is -2.26. The Bertz CT molecular complexity index is 198. The summed E-state index contributed by atoms with van der Waals surface area (Å²) in [7, 11) is 0. The number of nitrogens with one attached hydrogen (secondary N) is 1. The van der Waals surface area contributed by atoms with Crippen LogP contribution in [0.1, 0.15) is 52.4 Å². The van der Waals surface area contributed by atoms with Crippen molar-refractivity contribution in [1.82, 2.24) is 5.32 Å². The molecule has 0 aromatic heterocycles. The minimum atomic E-state index is -0.243. The number of rotatable bonds is 5. The molecular formula is C13H25NO2. The lowest BCUT2D eigenvalue weighted by Crippen LogP contribution is -2.31. The molecule has 1 aliphatic rings. The zero-order valence-corrected chi connectivity index (χ0v) is 10.6. The lowest BCUT2D eigenvalue weighted by atomic mass is 9.83. The van der Waals surface area contributed by atoms with E-state index in [1.54, 1.807) is 0 Å². The highest BCUT2D eigenvalue weighted by Gasteiger charge is 2.18. The predicted octanol–water partition coefficient (Wildman–Crippen LogP) is 3.34. The Morgan fingerprint density at radius 2 is 2.00 bits per heavy atom. The third-order valence-electron chi connectivity index (χ3n) is 3.40. The van der Waals surface area contributed by atoms with Crippen molar-refractivity contribution in [3.05, 3.63) is 0 Å². The van der Waals surface area contributed by atoms with E-state index in [0.29, 0.717) is 12.5 Å². The van der Waals surface area contributed by atoms with Gasteiger partial charge < -0.3 is 10.1 Å². The monoisotopic (exact) mass is 227 g/mol. The smallest absolute Gasteiger partial charge is 0.407 e. The number of hydrogen-bond acceptors (Lipinski definition) is 2. The second-order valence-electron chi connectivity index (χ2n) is 5.00. The summed E-state index contributed by atoms with van der Waals surface area (Å²) in [5.74, 6) is 1.53. The summed E-state index contributed by atoms with van der Waals surface area (Å²) in [5, 5.41) is 2.86. The quantitative estimate of drug-likeness (QED) is 0.731. The Morgan fingerprint density at radius 3 is 2.62 bits per heavy atom. The van der Waals surface area contributed by atoms with Crippen LogP contribution in [-0.2, 0) is 4.74 Å². The molecule has 0 heterocycles. The van der Waals surface area contributed by atoms with E-state index in [1.165, 1.54) is 25.7 Å². The molecule has 1 amide bonds. The number of amides is 1. The van der Waals surface area contributed by atoms with Crippen LogP contribution in [0, 0.1) is 11.8 Å². The van der Waals surface area contributed by atoms with Crippen LogP contribution in [0.2, 0.25) is 0 Å². The van der Waals surface area contributed by atoms with Crippen LogP contribution in [0.25, 0.3) is 0 Å². The highest BCUT2D eigenvalue weighted by atomic mass is 16.5. The van der Waals surface area contributed by atoms with Crippen molar-refractivity contribution in [1.29, 1.82) is 0 Å². The van der Waals surface area contributed by atoms with E-state index in [4.69, 9.17) is 4.74 Å². The molecule has 0 aromatic rings. The minimum Gasteiger partial charge on any atom is -0.450 e. The first kappa shape index (κ1) is 13.3. The van der Waals surface area contributed by atoms with E-state index >= 15 is 0 Å². The van der Waals surface area contributed by atoms with Gasteiger partial charge in [0.05, 0.1) is 6.61 Å². The maximum absolute atomic E-state index is 11.3. The molecule has 1 fully saturated rings. The van der Waals surface area contributed by atoms with Gasteiger partial charge in [-0.15, -0.1) is 0 Å². The Hall–Kier alpha value is -0.730. The summed E-state index contributed by atoms with van der Waals surface area (Å²) < 4.78 is 5.04. The molecule has 3 nitrogen and oxygen atoms in total. The van der Waals surface area contributed by atoms with Crippen molar-refractivity contribution >= 4 is 6.09 Å². The molecule has 0 unspecified atom stereocenters. The van der Waals surface area contributed by atoms with Crippen molar-refractivity contribution < 1.29 is 9.53 Å². The largest absolute Gasteiger partial charge is 0.450 e. The van der Waals surface area contributed by atoms with Gasteiger partial charge in [-0.1, -0.05) is 33.1 Å². The molecule has 0 saturated heterocycles. The van der Waals surface area contributed by atoms with E-state index in [2.05, 4.69) is 19.2 Å². The lowest BCUT2D eigenvalue weighted by molar-refractivity contribution is 0.141. The summed E-state index contributed by atoms with van der Waals surface area (Å²) in [5.41, 5.74) is 0. The van der Waals surface area contributed by atoms with Gasteiger partial charge >= 0.3 is 6.09 Å². The van der Waals surface area contributed by atoms with E-state index < -0.39 is 0 Å². The molecule has 0 atom stereocenters. The number of carbonyl (C=O) groups is 1. The standard InChI is InChI=1S/C13H25NO2/c1-3-4-9-16-13(15)14-10-12-7-5-11(2)6-8-12/h11-12H,3-10H2,1-2H3,(H,14,15). The topological polar surface area (TPSA) is 38.3 Å². The van der Waals surface area contributed by atoms with Crippen LogP contribution in [0.3, 0.4) is 0 Å². The van der Waals surface area contributed by atoms with Crippen LogP contribution in [0.15, 0.2) is 0 Å². The van der Waals surface area contributed by atoms with Crippen molar-refractivity contribution in [3.8, 4) is 0 Å². The SMILES string of the molecule is CCCCOC(=O)NCC1CCC(C)CC1. The summed E-state index contributed by atoms with van der Waals surface area (Å²) in [6.07, 6.45) is 6.87. The summed E-state index contributed by atoms with van der Waals surface area (Å²) in [6.45, 7) is 5.73. The maximum Gasteiger partial charge on any atom is 0.407 e. The van der Waals surface area contributed by atoms with Gasteiger partial charge in [-0.05, 0) is 31.1 Å². The molecule has 1 saturated carbocycles. The average molecular weight is 227 g/mol. The van der Waals surface area contributed by atoms with Gasteiger partial charge in [0.1, 0.15) is 0 Å². The first-order valence-corrected chi connectivity index (χ1v) is 6.63. The summed E-state index contributed by atoms with van der Waals surface area (Å²) in [4.78, 5) is 11.3. The maximum atomic E-state index is 11.3. The zero-order chi connectivity index (χ0) is 11.8. The molecule has 0 aromatic carbocycles. The number of unbranched alkanes of at least 4 members (excludes halogenated alkanes) is 1. The highest BCUT2D eigenvalue weighted by molar-refractivity contribution is 5.67. The fourth-order valence-electron chi connectivity index (χ4n) is 2.12. The number of alkyl carbamates (subject to hydrolysis) is 1. The summed E-state index contributed by atoms with van der Waals surface area (Å²) in [6, 6.07) is 0. The van der Waals surface area contributed by atoms with E-state index in [1.807, 2.05) is 0 Å². The van der Waals surface area contributed by atoms with Gasteiger partial charge in [0.25, 0.3) is 0 Å². The molecule has 1 rings (SSSR count). The minimum absolute atomic E-state index is 0.243. The summed E-state index contributed by atoms with van der Waals surface area (Å²) >= 11 is 0. The molecule has 0 spiro atoms. The molecule has 16 heavy (non-hydrogen) atoms. The van der Waals surface area contributed by atoms with Gasteiger partial charge in [-0.2, -0.15) is 0 Å². The number of carbonyl (C=O) groups excluding carboxylic acids is 1. The van der Waals surface area contributed by atoms with E-state index in [-0.39, 0.29) is 6.09 Å². The second-order valence-corrected chi connectivity index (χ2v) is 5.00. The van der Waals surface area contributed by atoms with Crippen LogP contribution in [-0.4, -0.2) is 19.2 Å². The van der Waals surface area contributed by atoms with E-state index in [0.717, 1.165) is 25.3 Å². The van der Waals surface area contributed by atoms with Gasteiger partial charge in [0, 0.05) is 6.54 Å². The fraction of sp³-hybridized carbons (Fsp3) is 0.923. The number of ether oxygens (including phenoxy) is 1. The van der Waals surface area contributed by atoms with Crippen molar-refractivity contribution in [3.63, 3.8) is 0 Å². The Morgan fingerprint density at radius 1 is 1.31 bits per heavy atom. The average Bonchev–Trinajstić information content (AvgIpc) is 2.29. The van der Waals surface area contributed by atoms with Gasteiger partial charge in [-0.3, -0.25) is 0 Å². The third-order valence-corrected chi connectivity index (χ3v) is 3.40. The Kier molecular flexibility index (Phi) is 6.27.